The highest BCUT2D eigenvalue weighted by Crippen LogP contribution is 2.09. The molecule has 1 aromatic heterocycles. The van der Waals surface area contributed by atoms with Crippen molar-refractivity contribution in [2.45, 2.75) is 19.6 Å². The van der Waals surface area contributed by atoms with Crippen molar-refractivity contribution in [2.24, 2.45) is 0 Å². The second kappa shape index (κ2) is 3.46. The van der Waals surface area contributed by atoms with E-state index in [-0.39, 0.29) is 5.75 Å². The predicted octanol–water partition coefficient (Wildman–Crippen LogP) is 1.24. The van der Waals surface area contributed by atoms with Crippen molar-refractivity contribution >= 4 is 9.84 Å². The fourth-order valence-electron chi connectivity index (χ4n) is 1.15. The first-order valence-corrected chi connectivity index (χ1v) is 6.05. The van der Waals surface area contributed by atoms with Gasteiger partial charge in [0.25, 0.3) is 0 Å². The molecular weight excluding hydrogens is 186 g/mol. The number of nitrogens with zero attached hydrogens (tertiary/aromatic N) is 1. The normalized spacial score (nSPS) is 11.6. The summed E-state index contributed by atoms with van der Waals surface area (Å²) >= 11 is 0. The highest BCUT2D eigenvalue weighted by atomic mass is 32.2. The Morgan fingerprint density at radius 3 is 2.38 bits per heavy atom. The van der Waals surface area contributed by atoms with Crippen molar-refractivity contribution < 1.29 is 8.42 Å². The van der Waals surface area contributed by atoms with Crippen LogP contribution in [-0.4, -0.2) is 19.7 Å². The molecule has 3 nitrogen and oxygen atoms in total. The summed E-state index contributed by atoms with van der Waals surface area (Å²) < 4.78 is 22.0. The molecule has 1 rings (SSSR count). The Morgan fingerprint density at radius 1 is 1.31 bits per heavy atom. The van der Waals surface area contributed by atoms with Crippen LogP contribution in [0.15, 0.2) is 12.1 Å². The third-order valence-corrected chi connectivity index (χ3v) is 2.59. The van der Waals surface area contributed by atoms with Gasteiger partial charge in [-0.05, 0) is 25.5 Å². The minimum Gasteiger partial charge on any atom is -0.258 e. The van der Waals surface area contributed by atoms with Crippen LogP contribution in [0.3, 0.4) is 0 Å². The van der Waals surface area contributed by atoms with Crippen LogP contribution in [0, 0.1) is 13.8 Å². The molecule has 0 saturated heterocycles. The molecule has 0 amide bonds. The van der Waals surface area contributed by atoms with Crippen LogP contribution in [0.1, 0.15) is 17.0 Å². The zero-order chi connectivity index (χ0) is 10.1. The van der Waals surface area contributed by atoms with E-state index >= 15 is 0 Å². The minimum atomic E-state index is -2.95. The van der Waals surface area contributed by atoms with Crippen LogP contribution in [0.4, 0.5) is 0 Å². The van der Waals surface area contributed by atoms with Crippen molar-refractivity contribution in [3.63, 3.8) is 0 Å². The second-order valence-electron chi connectivity index (χ2n) is 3.27. The maximum atomic E-state index is 11.0. The third kappa shape index (κ3) is 3.14. The van der Waals surface area contributed by atoms with Crippen LogP contribution >= 0.6 is 0 Å². The van der Waals surface area contributed by atoms with Crippen molar-refractivity contribution in [2.75, 3.05) is 6.26 Å². The zero-order valence-electron chi connectivity index (χ0n) is 8.03. The molecule has 0 atom stereocenters. The molecule has 1 heterocycles. The molecule has 0 aliphatic heterocycles. The fourth-order valence-corrected chi connectivity index (χ4v) is 2.02. The Balaban J connectivity index is 3.04. The number of rotatable bonds is 2. The Bertz CT molecular complexity index is 410. The van der Waals surface area contributed by atoms with E-state index in [1.165, 1.54) is 6.26 Å². The SMILES string of the molecule is Cc1ccc(CS(C)(=O)=O)c(C)n1. The molecule has 0 bridgehead atoms. The van der Waals surface area contributed by atoms with Gasteiger partial charge in [-0.3, -0.25) is 4.98 Å². The summed E-state index contributed by atoms with van der Waals surface area (Å²) in [5, 5.41) is 0. The Morgan fingerprint density at radius 2 is 1.92 bits per heavy atom. The molecule has 0 unspecified atom stereocenters. The smallest absolute Gasteiger partial charge is 0.151 e. The van der Waals surface area contributed by atoms with Crippen molar-refractivity contribution in [3.05, 3.63) is 29.1 Å². The zero-order valence-corrected chi connectivity index (χ0v) is 8.85. The topological polar surface area (TPSA) is 47.0 Å². The summed E-state index contributed by atoms with van der Waals surface area (Å²) in [6.07, 6.45) is 1.23. The number of hydrogen-bond acceptors (Lipinski definition) is 3. The highest BCUT2D eigenvalue weighted by molar-refractivity contribution is 7.89. The monoisotopic (exact) mass is 199 g/mol. The summed E-state index contributed by atoms with van der Waals surface area (Å²) in [6, 6.07) is 3.65. The molecule has 4 heteroatoms. The second-order valence-corrected chi connectivity index (χ2v) is 5.41. The van der Waals surface area contributed by atoms with E-state index in [2.05, 4.69) is 4.98 Å². The number of sulfone groups is 1. The standard InChI is InChI=1S/C9H13NO2S/c1-7-4-5-9(8(2)10-7)6-13(3,11)12/h4-5H,6H2,1-3H3. The van der Waals surface area contributed by atoms with E-state index in [1.54, 1.807) is 0 Å². The summed E-state index contributed by atoms with van der Waals surface area (Å²) in [7, 11) is -2.95. The van der Waals surface area contributed by atoms with Gasteiger partial charge in [-0.1, -0.05) is 6.07 Å². The van der Waals surface area contributed by atoms with E-state index in [0.29, 0.717) is 0 Å². The number of aryl methyl sites for hydroxylation is 2. The van der Waals surface area contributed by atoms with Crippen LogP contribution in [0.5, 0.6) is 0 Å². The van der Waals surface area contributed by atoms with E-state index in [1.807, 2.05) is 26.0 Å². The minimum absolute atomic E-state index is 0.0755. The lowest BCUT2D eigenvalue weighted by Gasteiger charge is -2.03. The molecule has 0 aromatic carbocycles. The summed E-state index contributed by atoms with van der Waals surface area (Å²) in [4.78, 5) is 4.19. The van der Waals surface area contributed by atoms with Gasteiger partial charge in [0, 0.05) is 17.6 Å². The molecule has 0 aliphatic carbocycles. The first kappa shape index (κ1) is 10.2. The van der Waals surface area contributed by atoms with Gasteiger partial charge in [0.15, 0.2) is 9.84 Å². The molecule has 0 radical (unpaired) electrons. The average molecular weight is 199 g/mol. The molecule has 0 fully saturated rings. The van der Waals surface area contributed by atoms with Gasteiger partial charge in [-0.25, -0.2) is 8.42 Å². The van der Waals surface area contributed by atoms with Gasteiger partial charge in [0.05, 0.1) is 5.75 Å². The Hall–Kier alpha value is -0.900. The van der Waals surface area contributed by atoms with Gasteiger partial charge >= 0.3 is 0 Å². The van der Waals surface area contributed by atoms with E-state index in [4.69, 9.17) is 0 Å². The maximum absolute atomic E-state index is 11.0. The molecular formula is C9H13NO2S. The van der Waals surface area contributed by atoms with Crippen molar-refractivity contribution in [1.29, 1.82) is 0 Å². The molecule has 0 saturated carbocycles. The lowest BCUT2D eigenvalue weighted by Crippen LogP contribution is -2.03. The number of pyridine rings is 1. The van der Waals surface area contributed by atoms with E-state index in [0.717, 1.165) is 17.0 Å². The Labute approximate surface area is 78.7 Å². The van der Waals surface area contributed by atoms with Crippen molar-refractivity contribution in [3.8, 4) is 0 Å². The van der Waals surface area contributed by atoms with Gasteiger partial charge in [-0.2, -0.15) is 0 Å². The average Bonchev–Trinajstić information content (AvgIpc) is 1.93. The van der Waals surface area contributed by atoms with Crippen LogP contribution < -0.4 is 0 Å². The van der Waals surface area contributed by atoms with E-state index < -0.39 is 9.84 Å². The molecule has 72 valence electrons. The number of hydrogen-bond donors (Lipinski definition) is 0. The first-order valence-electron chi connectivity index (χ1n) is 3.99. The van der Waals surface area contributed by atoms with Crippen LogP contribution in [0.2, 0.25) is 0 Å². The van der Waals surface area contributed by atoms with Crippen molar-refractivity contribution in [1.82, 2.24) is 4.98 Å². The third-order valence-electron chi connectivity index (χ3n) is 1.75. The molecule has 13 heavy (non-hydrogen) atoms. The Kier molecular flexibility index (Phi) is 2.71. The molecule has 0 N–H and O–H groups in total. The lowest BCUT2D eigenvalue weighted by atomic mass is 10.2. The molecule has 0 aliphatic rings. The van der Waals surface area contributed by atoms with E-state index in [9.17, 15) is 8.42 Å². The van der Waals surface area contributed by atoms with Gasteiger partial charge in [0.1, 0.15) is 0 Å². The maximum Gasteiger partial charge on any atom is 0.151 e. The van der Waals surface area contributed by atoms with Crippen LogP contribution in [-0.2, 0) is 15.6 Å². The molecule has 1 aromatic rings. The van der Waals surface area contributed by atoms with Gasteiger partial charge in [0.2, 0.25) is 0 Å². The fraction of sp³-hybridized carbons (Fsp3) is 0.444. The van der Waals surface area contributed by atoms with Gasteiger partial charge < -0.3 is 0 Å². The highest BCUT2D eigenvalue weighted by Gasteiger charge is 2.07. The first-order chi connectivity index (χ1) is 5.88. The predicted molar refractivity (Wildman–Crippen MR) is 52.3 cm³/mol. The quantitative estimate of drug-likeness (QED) is 0.720. The lowest BCUT2D eigenvalue weighted by molar-refractivity contribution is 0.601. The largest absolute Gasteiger partial charge is 0.258 e. The molecule has 0 spiro atoms. The van der Waals surface area contributed by atoms with Gasteiger partial charge in [-0.15, -0.1) is 0 Å². The summed E-state index contributed by atoms with van der Waals surface area (Å²) in [6.45, 7) is 3.71. The summed E-state index contributed by atoms with van der Waals surface area (Å²) in [5.74, 6) is 0.0755. The summed E-state index contributed by atoms with van der Waals surface area (Å²) in [5.41, 5.74) is 2.49. The van der Waals surface area contributed by atoms with Crippen LogP contribution in [0.25, 0.3) is 0 Å². The number of aromatic nitrogens is 1.